The minimum Gasteiger partial charge on any atom is -0.337 e. The van der Waals surface area contributed by atoms with Crippen LogP contribution in [0.2, 0.25) is 0 Å². The molecule has 0 spiro atoms. The summed E-state index contributed by atoms with van der Waals surface area (Å²) in [4.78, 5) is 25.8. The fourth-order valence-corrected chi connectivity index (χ4v) is 4.30. The maximum absolute atomic E-state index is 12.9. The molecule has 2 amide bonds. The maximum Gasteiger partial charge on any atom is 0.248 e. The summed E-state index contributed by atoms with van der Waals surface area (Å²) in [5.74, 6) is -1.31. The molecule has 1 heterocycles. The van der Waals surface area contributed by atoms with Crippen LogP contribution in [0.3, 0.4) is 0 Å². The lowest BCUT2D eigenvalue weighted by molar-refractivity contribution is -0.127. The number of rotatable bonds is 5. The predicted octanol–water partition coefficient (Wildman–Crippen LogP) is 1.85. The van der Waals surface area contributed by atoms with Crippen LogP contribution in [0, 0.1) is 5.82 Å². The summed E-state index contributed by atoms with van der Waals surface area (Å²) < 4.78 is 39.4. The van der Waals surface area contributed by atoms with Crippen LogP contribution in [-0.2, 0) is 19.6 Å². The number of carbonyl (C=O) groups excluding carboxylic acids is 2. The number of hydrogen-bond acceptors (Lipinski definition) is 4. The highest BCUT2D eigenvalue weighted by atomic mass is 32.2. The first-order valence-electron chi connectivity index (χ1n) is 8.95. The molecule has 0 atom stereocenters. The van der Waals surface area contributed by atoms with Crippen LogP contribution in [0.4, 0.5) is 10.1 Å². The first-order chi connectivity index (χ1) is 13.9. The second kappa shape index (κ2) is 8.97. The van der Waals surface area contributed by atoms with Crippen molar-refractivity contribution in [3.63, 3.8) is 0 Å². The molecular formula is C20H20FN3O4S. The molecule has 9 heteroatoms. The third-order valence-corrected chi connectivity index (χ3v) is 6.33. The van der Waals surface area contributed by atoms with Gasteiger partial charge in [0.25, 0.3) is 0 Å². The van der Waals surface area contributed by atoms with Gasteiger partial charge in [-0.15, -0.1) is 0 Å². The molecular weight excluding hydrogens is 397 g/mol. The minimum absolute atomic E-state index is 0.179. The lowest BCUT2D eigenvalue weighted by Crippen LogP contribution is -2.50. The molecule has 0 aromatic heterocycles. The van der Waals surface area contributed by atoms with E-state index in [0.29, 0.717) is 5.69 Å². The number of carbonyl (C=O) groups is 2. The summed E-state index contributed by atoms with van der Waals surface area (Å²) >= 11 is 0. The Hall–Kier alpha value is -3.04. The Morgan fingerprint density at radius 1 is 0.897 bits per heavy atom. The molecule has 1 N–H and O–H groups in total. The van der Waals surface area contributed by atoms with Gasteiger partial charge in [-0.2, -0.15) is 4.31 Å². The van der Waals surface area contributed by atoms with Crippen molar-refractivity contribution in [1.29, 1.82) is 0 Å². The summed E-state index contributed by atoms with van der Waals surface area (Å²) in [6.07, 6.45) is 2.24. The summed E-state index contributed by atoms with van der Waals surface area (Å²) in [5, 5.41) is 2.52. The van der Waals surface area contributed by atoms with Gasteiger partial charge in [0.15, 0.2) is 0 Å². The van der Waals surface area contributed by atoms with E-state index in [1.165, 1.54) is 45.6 Å². The molecule has 1 aliphatic rings. The van der Waals surface area contributed by atoms with Gasteiger partial charge in [0.05, 0.1) is 4.90 Å². The van der Waals surface area contributed by atoms with Gasteiger partial charge in [0.1, 0.15) is 5.82 Å². The van der Waals surface area contributed by atoms with Crippen LogP contribution in [-0.4, -0.2) is 55.6 Å². The van der Waals surface area contributed by atoms with Crippen LogP contribution in [0.1, 0.15) is 0 Å². The van der Waals surface area contributed by atoms with E-state index in [0.717, 1.165) is 12.2 Å². The molecule has 2 aromatic rings. The summed E-state index contributed by atoms with van der Waals surface area (Å²) in [6.45, 7) is 0.820. The fourth-order valence-electron chi connectivity index (χ4n) is 2.86. The average Bonchev–Trinajstić information content (AvgIpc) is 2.74. The monoisotopic (exact) mass is 417 g/mol. The zero-order chi connectivity index (χ0) is 20.9. The SMILES string of the molecule is O=C(/C=C/C(=O)N1CCN(S(=O)(=O)c2ccccc2)CC1)Nc1ccc(F)cc1. The Bertz CT molecular complexity index is 1000. The highest BCUT2D eigenvalue weighted by molar-refractivity contribution is 7.89. The third kappa shape index (κ3) is 5.27. The van der Waals surface area contributed by atoms with Gasteiger partial charge in [0.2, 0.25) is 21.8 Å². The standard InChI is InChI=1S/C20H20FN3O4S/c21-16-6-8-17(9-7-16)22-19(25)10-11-20(26)23-12-14-24(15-13-23)29(27,28)18-4-2-1-3-5-18/h1-11H,12-15H2,(H,22,25)/b11-10+. The summed E-state index contributed by atoms with van der Waals surface area (Å²) in [5.41, 5.74) is 0.410. The van der Waals surface area contributed by atoms with Crippen molar-refractivity contribution in [1.82, 2.24) is 9.21 Å². The molecule has 1 saturated heterocycles. The average molecular weight is 417 g/mol. The molecule has 0 bridgehead atoms. The quantitative estimate of drug-likeness (QED) is 0.753. The molecule has 3 rings (SSSR count). The first kappa shape index (κ1) is 20.7. The number of piperazine rings is 1. The Labute approximate surface area is 168 Å². The van der Waals surface area contributed by atoms with E-state index in [1.807, 2.05) is 0 Å². The smallest absolute Gasteiger partial charge is 0.248 e. The molecule has 29 heavy (non-hydrogen) atoms. The number of benzene rings is 2. The van der Waals surface area contributed by atoms with Crippen LogP contribution < -0.4 is 5.32 Å². The summed E-state index contributed by atoms with van der Waals surface area (Å²) in [6, 6.07) is 13.4. The molecule has 0 saturated carbocycles. The van der Waals surface area contributed by atoms with Crippen LogP contribution in [0.15, 0.2) is 71.6 Å². The Kier molecular flexibility index (Phi) is 6.40. The van der Waals surface area contributed by atoms with Crippen molar-refractivity contribution in [3.8, 4) is 0 Å². The lowest BCUT2D eigenvalue weighted by atomic mass is 10.3. The van der Waals surface area contributed by atoms with E-state index in [4.69, 9.17) is 0 Å². The third-order valence-electron chi connectivity index (χ3n) is 4.42. The molecule has 7 nitrogen and oxygen atoms in total. The van der Waals surface area contributed by atoms with Crippen molar-refractivity contribution in [2.75, 3.05) is 31.5 Å². The van der Waals surface area contributed by atoms with Crippen molar-refractivity contribution in [3.05, 3.63) is 72.6 Å². The number of anilines is 1. The van der Waals surface area contributed by atoms with Crippen molar-refractivity contribution < 1.29 is 22.4 Å². The van der Waals surface area contributed by atoms with E-state index < -0.39 is 21.7 Å². The van der Waals surface area contributed by atoms with E-state index in [9.17, 15) is 22.4 Å². The fraction of sp³-hybridized carbons (Fsp3) is 0.200. The molecule has 152 valence electrons. The molecule has 1 aliphatic heterocycles. The highest BCUT2D eigenvalue weighted by Crippen LogP contribution is 2.17. The maximum atomic E-state index is 12.9. The Balaban J connectivity index is 1.52. The lowest BCUT2D eigenvalue weighted by Gasteiger charge is -2.33. The molecule has 0 aliphatic carbocycles. The van der Waals surface area contributed by atoms with E-state index >= 15 is 0 Å². The Morgan fingerprint density at radius 3 is 2.14 bits per heavy atom. The molecule has 2 aromatic carbocycles. The second-order valence-electron chi connectivity index (χ2n) is 6.37. The first-order valence-corrected chi connectivity index (χ1v) is 10.4. The normalized spacial score (nSPS) is 15.4. The van der Waals surface area contributed by atoms with Gasteiger partial charge in [-0.3, -0.25) is 9.59 Å². The Morgan fingerprint density at radius 2 is 1.52 bits per heavy atom. The number of nitrogens with one attached hydrogen (secondary N) is 1. The molecule has 0 radical (unpaired) electrons. The zero-order valence-corrected chi connectivity index (χ0v) is 16.3. The zero-order valence-electron chi connectivity index (χ0n) is 15.5. The predicted molar refractivity (Wildman–Crippen MR) is 106 cm³/mol. The van der Waals surface area contributed by atoms with E-state index in [2.05, 4.69) is 5.32 Å². The number of nitrogens with zero attached hydrogens (tertiary/aromatic N) is 2. The summed E-state index contributed by atoms with van der Waals surface area (Å²) in [7, 11) is -3.59. The highest BCUT2D eigenvalue weighted by Gasteiger charge is 2.29. The van der Waals surface area contributed by atoms with Gasteiger partial charge in [-0.25, -0.2) is 12.8 Å². The number of hydrogen-bond donors (Lipinski definition) is 1. The minimum atomic E-state index is -3.59. The largest absolute Gasteiger partial charge is 0.337 e. The van der Waals surface area contributed by atoms with E-state index in [-0.39, 0.29) is 37.0 Å². The van der Waals surface area contributed by atoms with Gasteiger partial charge in [-0.05, 0) is 36.4 Å². The second-order valence-corrected chi connectivity index (χ2v) is 8.31. The van der Waals surface area contributed by atoms with E-state index in [1.54, 1.807) is 18.2 Å². The number of amides is 2. The van der Waals surface area contributed by atoms with Crippen LogP contribution in [0.25, 0.3) is 0 Å². The topological polar surface area (TPSA) is 86.8 Å². The van der Waals surface area contributed by atoms with Crippen LogP contribution in [0.5, 0.6) is 0 Å². The van der Waals surface area contributed by atoms with Crippen LogP contribution >= 0.6 is 0 Å². The van der Waals surface area contributed by atoms with Gasteiger partial charge < -0.3 is 10.2 Å². The van der Waals surface area contributed by atoms with Crippen molar-refractivity contribution in [2.24, 2.45) is 0 Å². The molecule has 0 unspecified atom stereocenters. The number of sulfonamides is 1. The van der Waals surface area contributed by atoms with Gasteiger partial charge in [0, 0.05) is 44.0 Å². The number of halogens is 1. The van der Waals surface area contributed by atoms with Crippen molar-refractivity contribution in [2.45, 2.75) is 4.90 Å². The molecule has 1 fully saturated rings. The van der Waals surface area contributed by atoms with Crippen molar-refractivity contribution >= 4 is 27.5 Å². The van der Waals surface area contributed by atoms with Gasteiger partial charge >= 0.3 is 0 Å². The van der Waals surface area contributed by atoms with Gasteiger partial charge in [-0.1, -0.05) is 18.2 Å².